The maximum atomic E-state index is 12.1. The normalized spacial score (nSPS) is 11.9. The molecule has 5 N–H and O–H groups in total. The second-order valence-electron chi connectivity index (χ2n) is 7.69. The Kier molecular flexibility index (Phi) is 6.05. The van der Waals surface area contributed by atoms with E-state index in [1.165, 1.54) is 4.90 Å². The maximum absolute atomic E-state index is 12.1. The molecule has 0 saturated heterocycles. The van der Waals surface area contributed by atoms with Gasteiger partial charge in [0.15, 0.2) is 0 Å². The van der Waals surface area contributed by atoms with Gasteiger partial charge in [-0.3, -0.25) is 4.90 Å². The Morgan fingerprint density at radius 1 is 1.00 bits per heavy atom. The first-order valence-electron chi connectivity index (χ1n) is 10.6. The lowest BCUT2D eigenvalue weighted by molar-refractivity contribution is 0.175. The summed E-state index contributed by atoms with van der Waals surface area (Å²) in [5.74, 6) is 0. The van der Waals surface area contributed by atoms with Gasteiger partial charge in [-0.2, -0.15) is 0 Å². The second kappa shape index (κ2) is 9.08. The molecule has 3 aromatic carbocycles. The Balaban J connectivity index is 1.94. The molecule has 0 aliphatic rings. The summed E-state index contributed by atoms with van der Waals surface area (Å²) >= 11 is 0. The zero-order valence-electron chi connectivity index (χ0n) is 17.9. The molecule has 4 aromatic rings. The van der Waals surface area contributed by atoms with Crippen molar-refractivity contribution in [2.45, 2.75) is 19.4 Å². The van der Waals surface area contributed by atoms with E-state index in [2.05, 4.69) is 0 Å². The quantitative estimate of drug-likeness (QED) is 0.411. The Morgan fingerprint density at radius 2 is 1.62 bits per heavy atom. The number of pyridine rings is 1. The molecule has 0 aliphatic carbocycles. The van der Waals surface area contributed by atoms with E-state index in [9.17, 15) is 9.90 Å². The van der Waals surface area contributed by atoms with Crippen molar-refractivity contribution in [2.75, 3.05) is 17.2 Å². The number of nitrogens with two attached hydrogens (primary N) is 2. The van der Waals surface area contributed by atoms with Crippen molar-refractivity contribution >= 4 is 28.3 Å². The van der Waals surface area contributed by atoms with E-state index in [0.717, 1.165) is 27.8 Å². The van der Waals surface area contributed by atoms with Gasteiger partial charge in [0.25, 0.3) is 0 Å². The van der Waals surface area contributed by atoms with Crippen LogP contribution in [0, 0.1) is 0 Å². The topological polar surface area (TPSA) is 105 Å². The Morgan fingerprint density at radius 3 is 2.22 bits per heavy atom. The van der Waals surface area contributed by atoms with Crippen LogP contribution in [0.25, 0.3) is 33.3 Å². The van der Waals surface area contributed by atoms with Crippen molar-refractivity contribution < 1.29 is 9.90 Å². The van der Waals surface area contributed by atoms with Crippen molar-refractivity contribution in [1.29, 1.82) is 0 Å². The molecule has 4 rings (SSSR count). The van der Waals surface area contributed by atoms with Gasteiger partial charge in [0.1, 0.15) is 0 Å². The summed E-state index contributed by atoms with van der Waals surface area (Å²) in [6.45, 7) is 1.96. The van der Waals surface area contributed by atoms with Crippen LogP contribution in [0.4, 0.5) is 16.2 Å². The number of hydrogen-bond donors (Lipinski definition) is 3. The molecule has 0 aliphatic heterocycles. The SMILES string of the molecule is CCC(O)CN(C(N)=O)c1ccc2nc(-c3ccccc3)c(-c3ccccc3)c(N)c2c1. The molecule has 1 atom stereocenters. The van der Waals surface area contributed by atoms with Crippen LogP contribution in [0.15, 0.2) is 78.9 Å². The number of anilines is 2. The fourth-order valence-electron chi connectivity index (χ4n) is 3.81. The summed E-state index contributed by atoms with van der Waals surface area (Å²) in [4.78, 5) is 18.4. The average Bonchev–Trinajstić information content (AvgIpc) is 2.83. The third kappa shape index (κ3) is 4.13. The number of primary amides is 1. The van der Waals surface area contributed by atoms with E-state index in [-0.39, 0.29) is 6.54 Å². The molecular weight excluding hydrogens is 400 g/mol. The summed E-state index contributed by atoms with van der Waals surface area (Å²) in [5.41, 5.74) is 17.7. The van der Waals surface area contributed by atoms with Gasteiger partial charge in [-0.25, -0.2) is 9.78 Å². The molecule has 0 spiro atoms. The van der Waals surface area contributed by atoms with Crippen molar-refractivity contribution in [2.24, 2.45) is 5.73 Å². The number of nitrogens with zero attached hydrogens (tertiary/aromatic N) is 2. The number of amides is 2. The van der Waals surface area contributed by atoms with Crippen LogP contribution in [0.2, 0.25) is 0 Å². The largest absolute Gasteiger partial charge is 0.398 e. The highest BCUT2D eigenvalue weighted by Gasteiger charge is 2.20. The fourth-order valence-corrected chi connectivity index (χ4v) is 3.81. The number of nitrogen functional groups attached to an aromatic ring is 1. The first-order chi connectivity index (χ1) is 15.5. The molecule has 0 bridgehead atoms. The number of carbonyl (C=O) groups excluding carboxylic acids is 1. The third-order valence-electron chi connectivity index (χ3n) is 5.56. The summed E-state index contributed by atoms with van der Waals surface area (Å²) in [6, 6.07) is 24.6. The number of rotatable bonds is 6. The number of aliphatic hydroxyl groups excluding tert-OH is 1. The predicted octanol–water partition coefficient (Wildman–Crippen LogP) is 4.81. The van der Waals surface area contributed by atoms with Crippen molar-refractivity contribution in [3.63, 3.8) is 0 Å². The van der Waals surface area contributed by atoms with E-state index in [4.69, 9.17) is 16.5 Å². The molecular formula is C26H26N4O2. The van der Waals surface area contributed by atoms with Crippen LogP contribution >= 0.6 is 0 Å². The highest BCUT2D eigenvalue weighted by atomic mass is 16.3. The van der Waals surface area contributed by atoms with E-state index in [1.807, 2.05) is 79.7 Å². The van der Waals surface area contributed by atoms with Crippen LogP contribution in [-0.4, -0.2) is 28.8 Å². The van der Waals surface area contributed by atoms with Gasteiger partial charge >= 0.3 is 6.03 Å². The van der Waals surface area contributed by atoms with Crippen LogP contribution in [0.5, 0.6) is 0 Å². The first-order valence-corrected chi connectivity index (χ1v) is 10.6. The number of benzene rings is 3. The molecule has 32 heavy (non-hydrogen) atoms. The van der Waals surface area contributed by atoms with E-state index in [0.29, 0.717) is 23.3 Å². The van der Waals surface area contributed by atoms with Gasteiger partial charge in [-0.1, -0.05) is 67.6 Å². The van der Waals surface area contributed by atoms with Crippen LogP contribution in [-0.2, 0) is 0 Å². The Bertz CT molecular complexity index is 1240. The maximum Gasteiger partial charge on any atom is 0.319 e. The number of aliphatic hydroxyl groups is 1. The zero-order chi connectivity index (χ0) is 22.7. The van der Waals surface area contributed by atoms with Crippen LogP contribution < -0.4 is 16.4 Å². The van der Waals surface area contributed by atoms with E-state index >= 15 is 0 Å². The second-order valence-corrected chi connectivity index (χ2v) is 7.69. The zero-order valence-corrected chi connectivity index (χ0v) is 17.9. The molecule has 2 amide bonds. The number of carbonyl (C=O) groups is 1. The van der Waals surface area contributed by atoms with Crippen LogP contribution in [0.3, 0.4) is 0 Å². The number of urea groups is 1. The van der Waals surface area contributed by atoms with Crippen molar-refractivity contribution in [3.8, 4) is 22.4 Å². The number of fused-ring (bicyclic) bond motifs is 1. The van der Waals surface area contributed by atoms with Gasteiger partial charge in [0.05, 0.1) is 29.5 Å². The number of hydrogen-bond acceptors (Lipinski definition) is 4. The molecule has 0 fully saturated rings. The summed E-state index contributed by atoms with van der Waals surface area (Å²) < 4.78 is 0. The highest BCUT2D eigenvalue weighted by Crippen LogP contribution is 2.40. The lowest BCUT2D eigenvalue weighted by atomic mass is 9.95. The molecule has 1 heterocycles. The molecule has 6 nitrogen and oxygen atoms in total. The smallest absolute Gasteiger partial charge is 0.319 e. The monoisotopic (exact) mass is 426 g/mol. The highest BCUT2D eigenvalue weighted by molar-refractivity contribution is 6.05. The predicted molar refractivity (Wildman–Crippen MR) is 130 cm³/mol. The summed E-state index contributed by atoms with van der Waals surface area (Å²) in [6.07, 6.45) is -0.159. The number of aromatic nitrogens is 1. The molecule has 1 aromatic heterocycles. The summed E-state index contributed by atoms with van der Waals surface area (Å²) in [7, 11) is 0. The van der Waals surface area contributed by atoms with Gasteiger partial charge < -0.3 is 16.6 Å². The standard InChI is InChI=1S/C26H26N4O2/c1-2-20(31)16-30(26(28)32)19-13-14-22-21(15-19)24(27)23(17-9-5-3-6-10-17)25(29-22)18-11-7-4-8-12-18/h3-15,20,31H,2,16H2,1H3,(H2,27,29)(H2,28,32). The van der Waals surface area contributed by atoms with Gasteiger partial charge in [0.2, 0.25) is 0 Å². The van der Waals surface area contributed by atoms with E-state index < -0.39 is 12.1 Å². The lowest BCUT2D eigenvalue weighted by Gasteiger charge is -2.24. The van der Waals surface area contributed by atoms with E-state index in [1.54, 1.807) is 6.07 Å². The molecule has 1 unspecified atom stereocenters. The Labute approximate surface area is 187 Å². The van der Waals surface area contributed by atoms with Crippen molar-refractivity contribution in [1.82, 2.24) is 4.98 Å². The fraction of sp³-hybridized carbons (Fsp3) is 0.154. The minimum Gasteiger partial charge on any atom is -0.398 e. The lowest BCUT2D eigenvalue weighted by Crippen LogP contribution is -2.41. The van der Waals surface area contributed by atoms with Gasteiger partial charge in [-0.15, -0.1) is 0 Å². The Hall–Kier alpha value is -3.90. The molecule has 162 valence electrons. The van der Waals surface area contributed by atoms with Crippen LogP contribution in [0.1, 0.15) is 13.3 Å². The summed E-state index contributed by atoms with van der Waals surface area (Å²) in [5, 5.41) is 10.8. The minimum atomic E-state index is -0.672. The van der Waals surface area contributed by atoms with Gasteiger partial charge in [0, 0.05) is 22.2 Å². The van der Waals surface area contributed by atoms with Crippen molar-refractivity contribution in [3.05, 3.63) is 78.9 Å². The van der Waals surface area contributed by atoms with Gasteiger partial charge in [-0.05, 0) is 30.2 Å². The first kappa shape index (κ1) is 21.3. The average molecular weight is 427 g/mol. The molecule has 0 saturated carbocycles. The minimum absolute atomic E-state index is 0.109. The molecule has 0 radical (unpaired) electrons. The molecule has 6 heteroatoms. The third-order valence-corrected chi connectivity index (χ3v) is 5.56.